The maximum atomic E-state index is 15.1. The molecule has 1 fully saturated rings. The quantitative estimate of drug-likeness (QED) is 0.121. The van der Waals surface area contributed by atoms with Gasteiger partial charge in [-0.05, 0) is 78.1 Å². The van der Waals surface area contributed by atoms with Crippen LogP contribution in [0.15, 0.2) is 66.9 Å². The molecule has 1 saturated carbocycles. The van der Waals surface area contributed by atoms with Crippen molar-refractivity contribution < 1.29 is 27.2 Å². The van der Waals surface area contributed by atoms with Gasteiger partial charge in [0.25, 0.3) is 5.91 Å². The summed E-state index contributed by atoms with van der Waals surface area (Å²) in [5.41, 5.74) is 0.498. The monoisotopic (exact) mass is 562 g/mol. The molecule has 0 radical (unpaired) electrons. The van der Waals surface area contributed by atoms with Gasteiger partial charge in [-0.15, -0.1) is 0 Å². The normalized spacial score (nSPS) is 13.4. The van der Waals surface area contributed by atoms with E-state index < -0.39 is 23.5 Å². The van der Waals surface area contributed by atoms with Crippen LogP contribution in [0.3, 0.4) is 0 Å². The van der Waals surface area contributed by atoms with E-state index in [2.05, 4.69) is 10.3 Å². The molecule has 1 heterocycles. The number of nitrogens with zero attached hydrogens (tertiary/aromatic N) is 1. The second-order valence-corrected chi connectivity index (χ2v) is 10.6. The Morgan fingerprint density at radius 2 is 1.76 bits per heavy atom. The molecule has 8 heteroatoms. The van der Waals surface area contributed by atoms with E-state index in [-0.39, 0.29) is 28.0 Å². The summed E-state index contributed by atoms with van der Waals surface area (Å²) in [6, 6.07) is 15.2. The van der Waals surface area contributed by atoms with Crippen LogP contribution in [0.2, 0.25) is 0 Å². The molecule has 0 aliphatic heterocycles. The third-order valence-electron chi connectivity index (χ3n) is 7.46. The fraction of sp³-hybridized carbons (Fsp3) is 0.303. The number of hydrogen-bond donors (Lipinski definition) is 1. The molecule has 1 N–H and O–H groups in total. The van der Waals surface area contributed by atoms with E-state index >= 15 is 4.39 Å². The van der Waals surface area contributed by atoms with Crippen LogP contribution in [0.4, 0.5) is 17.6 Å². The molecule has 3 aromatic carbocycles. The number of rotatable bonds is 10. The molecule has 0 atom stereocenters. The summed E-state index contributed by atoms with van der Waals surface area (Å²) in [6.07, 6.45) is 0.864. The first kappa shape index (κ1) is 28.5. The summed E-state index contributed by atoms with van der Waals surface area (Å²) in [5, 5.41) is 3.03. The average molecular weight is 563 g/mol. The molecule has 4 aromatic rings. The Balaban J connectivity index is 1.65. The van der Waals surface area contributed by atoms with Gasteiger partial charge in [0.2, 0.25) is 0 Å². The number of nitrogens with one attached hydrogen (secondary N) is 1. The van der Waals surface area contributed by atoms with Gasteiger partial charge in [0.05, 0.1) is 16.6 Å². The van der Waals surface area contributed by atoms with Gasteiger partial charge in [0.1, 0.15) is 5.82 Å². The number of fused-ring (bicyclic) bond motifs is 1. The van der Waals surface area contributed by atoms with Crippen LogP contribution in [0.25, 0.3) is 22.0 Å². The highest BCUT2D eigenvalue weighted by Gasteiger charge is 2.35. The van der Waals surface area contributed by atoms with Gasteiger partial charge < -0.3 is 5.32 Å². The number of carbonyl (C=O) groups is 2. The number of pyridine rings is 1. The zero-order valence-corrected chi connectivity index (χ0v) is 22.7. The van der Waals surface area contributed by atoms with E-state index in [1.807, 2.05) is 37.3 Å². The maximum absolute atomic E-state index is 15.1. The smallest absolute Gasteiger partial charge is 0.352 e. The molecule has 1 aliphatic carbocycles. The van der Waals surface area contributed by atoms with Gasteiger partial charge in [0.15, 0.2) is 5.78 Å². The summed E-state index contributed by atoms with van der Waals surface area (Å²) >= 11 is 0. The van der Waals surface area contributed by atoms with Crippen molar-refractivity contribution in [1.29, 1.82) is 0 Å². The number of alkyl halides is 3. The molecule has 1 aromatic heterocycles. The number of amides is 1. The predicted molar refractivity (Wildman–Crippen MR) is 150 cm³/mol. The van der Waals surface area contributed by atoms with Gasteiger partial charge >= 0.3 is 6.18 Å². The molecule has 4 nitrogen and oxygen atoms in total. The predicted octanol–water partition coefficient (Wildman–Crippen LogP) is 8.16. The summed E-state index contributed by atoms with van der Waals surface area (Å²) in [4.78, 5) is 30.0. The highest BCUT2D eigenvalue weighted by molar-refractivity contribution is 6.03. The van der Waals surface area contributed by atoms with Gasteiger partial charge in [-0.2, -0.15) is 13.2 Å². The lowest BCUT2D eigenvalue weighted by Crippen LogP contribution is -2.25. The van der Waals surface area contributed by atoms with E-state index in [9.17, 15) is 22.8 Å². The van der Waals surface area contributed by atoms with Crippen LogP contribution < -0.4 is 5.32 Å². The third kappa shape index (κ3) is 6.47. The van der Waals surface area contributed by atoms with E-state index in [1.165, 1.54) is 24.4 Å². The molecule has 0 spiro atoms. The Labute approximate surface area is 235 Å². The van der Waals surface area contributed by atoms with Crippen LogP contribution in [-0.4, -0.2) is 23.2 Å². The molecule has 0 saturated heterocycles. The average Bonchev–Trinajstić information content (AvgIpc) is 3.76. The number of Topliss-reactive ketones (excluding diaryl/α,β-unsaturated/α-hetero) is 1. The van der Waals surface area contributed by atoms with E-state index in [0.29, 0.717) is 41.8 Å². The molecule has 0 bridgehead atoms. The van der Waals surface area contributed by atoms with Crippen LogP contribution in [0, 0.1) is 11.7 Å². The topological polar surface area (TPSA) is 59.1 Å². The lowest BCUT2D eigenvalue weighted by Gasteiger charge is -2.18. The number of ketones is 1. The first-order valence-electron chi connectivity index (χ1n) is 13.8. The number of halogens is 4. The standard InChI is InChI=1S/C33H30F4N2O2/c1-2-3-13-38-32(41)23-12-11-22(16-29(23)34)24-17-26-25(14-20-7-5-4-6-8-20)27(31(40)15-21-9-10-21)19-39-30(26)18-28(24)33(35,36)37/h4-8,11-12,16-19,21H,2-3,9-10,13-15H2,1H3,(H,38,41). The number of hydrogen-bond acceptors (Lipinski definition) is 3. The molecule has 5 rings (SSSR count). The number of unbranched alkanes of at least 4 members (excludes halogenated alkanes) is 1. The second-order valence-electron chi connectivity index (χ2n) is 10.6. The van der Waals surface area contributed by atoms with Crippen LogP contribution in [0.5, 0.6) is 0 Å². The third-order valence-corrected chi connectivity index (χ3v) is 7.46. The molecule has 212 valence electrons. The van der Waals surface area contributed by atoms with Crippen molar-refractivity contribution in [3.63, 3.8) is 0 Å². The molecule has 41 heavy (non-hydrogen) atoms. The van der Waals surface area contributed by atoms with Crippen molar-refractivity contribution in [1.82, 2.24) is 10.3 Å². The van der Waals surface area contributed by atoms with Crippen LogP contribution in [-0.2, 0) is 12.6 Å². The zero-order valence-electron chi connectivity index (χ0n) is 22.7. The van der Waals surface area contributed by atoms with E-state index in [1.54, 1.807) is 0 Å². The Kier molecular flexibility index (Phi) is 8.20. The van der Waals surface area contributed by atoms with Gasteiger partial charge in [-0.25, -0.2) is 4.39 Å². The summed E-state index contributed by atoms with van der Waals surface area (Å²) in [5.74, 6) is -1.30. The van der Waals surface area contributed by atoms with Crippen LogP contribution in [0.1, 0.15) is 76.4 Å². The molecule has 0 unspecified atom stereocenters. The number of aromatic nitrogens is 1. The van der Waals surface area contributed by atoms with E-state index in [4.69, 9.17) is 0 Å². The highest BCUT2D eigenvalue weighted by Crippen LogP contribution is 2.41. The van der Waals surface area contributed by atoms with Crippen molar-refractivity contribution in [2.45, 2.75) is 51.6 Å². The van der Waals surface area contributed by atoms with Crippen LogP contribution >= 0.6 is 0 Å². The molecule has 1 aliphatic rings. The van der Waals surface area contributed by atoms with Crippen molar-refractivity contribution in [2.75, 3.05) is 6.54 Å². The van der Waals surface area contributed by atoms with Gasteiger partial charge in [-0.1, -0.05) is 49.7 Å². The first-order valence-corrected chi connectivity index (χ1v) is 13.8. The second kappa shape index (κ2) is 11.8. The molecular weight excluding hydrogens is 532 g/mol. The summed E-state index contributed by atoms with van der Waals surface area (Å²) in [6.45, 7) is 2.33. The van der Waals surface area contributed by atoms with Crippen molar-refractivity contribution in [3.8, 4) is 11.1 Å². The van der Waals surface area contributed by atoms with E-state index in [0.717, 1.165) is 43.4 Å². The Morgan fingerprint density at radius 1 is 1.00 bits per heavy atom. The fourth-order valence-electron chi connectivity index (χ4n) is 5.03. The number of carbonyl (C=O) groups excluding carboxylic acids is 2. The molecular formula is C33H30F4N2O2. The maximum Gasteiger partial charge on any atom is 0.417 e. The largest absolute Gasteiger partial charge is 0.417 e. The first-order chi connectivity index (χ1) is 19.7. The minimum atomic E-state index is -4.75. The number of benzene rings is 3. The summed E-state index contributed by atoms with van der Waals surface area (Å²) < 4.78 is 58.0. The zero-order chi connectivity index (χ0) is 29.1. The Morgan fingerprint density at radius 3 is 2.41 bits per heavy atom. The summed E-state index contributed by atoms with van der Waals surface area (Å²) in [7, 11) is 0. The minimum absolute atomic E-state index is 0.0257. The Hall–Kier alpha value is -4.07. The lowest BCUT2D eigenvalue weighted by molar-refractivity contribution is -0.137. The Bertz CT molecular complexity index is 1590. The lowest BCUT2D eigenvalue weighted by atomic mass is 9.89. The SMILES string of the molecule is CCCCNC(=O)c1ccc(-c2cc3c(Cc4ccccc4)c(C(=O)CC4CC4)cnc3cc2C(F)(F)F)cc1F. The van der Waals surface area contributed by atoms with Gasteiger partial charge in [-0.3, -0.25) is 14.6 Å². The molecule has 1 amide bonds. The van der Waals surface area contributed by atoms with Crippen molar-refractivity contribution >= 4 is 22.6 Å². The van der Waals surface area contributed by atoms with Crippen molar-refractivity contribution in [2.24, 2.45) is 5.92 Å². The fourth-order valence-corrected chi connectivity index (χ4v) is 5.03. The van der Waals surface area contributed by atoms with Crippen molar-refractivity contribution in [3.05, 3.63) is 100 Å². The minimum Gasteiger partial charge on any atom is -0.352 e. The van der Waals surface area contributed by atoms with Gasteiger partial charge in [0, 0.05) is 30.1 Å². The highest BCUT2D eigenvalue weighted by atomic mass is 19.4.